The number of amides is 2. The third-order valence-electron chi connectivity index (χ3n) is 6.42. The van der Waals surface area contributed by atoms with E-state index >= 15 is 0 Å². The highest BCUT2D eigenvalue weighted by atomic mass is 32.2. The second-order valence-electron chi connectivity index (χ2n) is 8.63. The lowest BCUT2D eigenvalue weighted by Gasteiger charge is -2.32. The van der Waals surface area contributed by atoms with Gasteiger partial charge in [-0.3, -0.25) is 4.72 Å². The number of benzene rings is 1. The van der Waals surface area contributed by atoms with Gasteiger partial charge in [-0.05, 0) is 81.8 Å². The first kappa shape index (κ1) is 22.0. The molecule has 2 aliphatic rings. The zero-order chi connectivity index (χ0) is 21.8. The Labute approximate surface area is 189 Å². The molecule has 1 heterocycles. The van der Waals surface area contributed by atoms with E-state index < -0.39 is 0 Å². The van der Waals surface area contributed by atoms with Crippen LogP contribution in [0.15, 0.2) is 30.5 Å². The van der Waals surface area contributed by atoms with Crippen molar-refractivity contribution in [3.63, 3.8) is 0 Å². The van der Waals surface area contributed by atoms with E-state index in [0.717, 1.165) is 61.8 Å². The standard InChI is InChI=1S/C24H32N4O2S/c1-28(2)18-8-10-19(11-9-18)30-22-15-17(13-14-25-22)21-12-7-16-5-4-6-20(16)23(21)26-24(29)27-31-3/h7,12-15,18-19H,4-6,8-11H2,1-3H3,(H2,26,27,29). The maximum atomic E-state index is 12.3. The summed E-state index contributed by atoms with van der Waals surface area (Å²) in [6.07, 6.45) is 11.4. The number of nitrogens with one attached hydrogen (secondary N) is 2. The van der Waals surface area contributed by atoms with E-state index in [1.54, 1.807) is 6.20 Å². The molecule has 0 unspecified atom stereocenters. The number of urea groups is 1. The van der Waals surface area contributed by atoms with Gasteiger partial charge in [0, 0.05) is 30.1 Å². The van der Waals surface area contributed by atoms with E-state index in [1.165, 1.54) is 23.1 Å². The SMILES string of the molecule is CSNC(=O)Nc1c(-c2ccnc(OC3CCC(N(C)C)CC3)c2)ccc2c1CCC2. The number of carbonyl (C=O) groups is 1. The number of pyridine rings is 1. The molecule has 2 aliphatic carbocycles. The average molecular weight is 441 g/mol. The second kappa shape index (κ2) is 9.92. The van der Waals surface area contributed by atoms with Gasteiger partial charge >= 0.3 is 6.03 Å². The second-order valence-corrected chi connectivity index (χ2v) is 9.25. The molecule has 2 N–H and O–H groups in total. The fraction of sp³-hybridized carbons (Fsp3) is 0.500. The highest BCUT2D eigenvalue weighted by molar-refractivity contribution is 7.97. The van der Waals surface area contributed by atoms with Crippen molar-refractivity contribution in [3.8, 4) is 17.0 Å². The molecule has 0 aliphatic heterocycles. The Kier molecular flexibility index (Phi) is 7.02. The van der Waals surface area contributed by atoms with Gasteiger partial charge in [0.05, 0.1) is 5.69 Å². The number of anilines is 1. The van der Waals surface area contributed by atoms with Gasteiger partial charge < -0.3 is 15.0 Å². The first-order valence-corrected chi connectivity index (χ1v) is 12.3. The fourth-order valence-electron chi connectivity index (χ4n) is 4.77. The molecule has 0 radical (unpaired) electrons. The summed E-state index contributed by atoms with van der Waals surface area (Å²) < 4.78 is 9.03. The summed E-state index contributed by atoms with van der Waals surface area (Å²) in [4.78, 5) is 19.1. The van der Waals surface area contributed by atoms with Gasteiger partial charge in [-0.2, -0.15) is 0 Å². The third-order valence-corrected chi connectivity index (χ3v) is 6.81. The highest BCUT2D eigenvalue weighted by Crippen LogP contribution is 2.38. The minimum atomic E-state index is -0.197. The number of hydrogen-bond donors (Lipinski definition) is 2. The van der Waals surface area contributed by atoms with E-state index in [1.807, 2.05) is 18.4 Å². The van der Waals surface area contributed by atoms with Crippen LogP contribution in [-0.4, -0.2) is 48.4 Å². The molecular weight excluding hydrogens is 408 g/mol. The van der Waals surface area contributed by atoms with Gasteiger partial charge in [0.15, 0.2) is 0 Å². The quantitative estimate of drug-likeness (QED) is 0.626. The summed E-state index contributed by atoms with van der Waals surface area (Å²) in [5.74, 6) is 0.658. The molecule has 1 aromatic heterocycles. The average Bonchev–Trinajstić information content (AvgIpc) is 3.24. The highest BCUT2D eigenvalue weighted by Gasteiger charge is 2.24. The summed E-state index contributed by atoms with van der Waals surface area (Å²) in [5.41, 5.74) is 5.51. The largest absolute Gasteiger partial charge is 0.474 e. The van der Waals surface area contributed by atoms with E-state index in [2.05, 4.69) is 46.2 Å². The summed E-state index contributed by atoms with van der Waals surface area (Å²) in [6, 6.07) is 8.75. The smallest absolute Gasteiger partial charge is 0.329 e. The van der Waals surface area contributed by atoms with Crippen LogP contribution in [0.1, 0.15) is 43.2 Å². The number of nitrogens with zero attached hydrogens (tertiary/aromatic N) is 2. The molecular formula is C24H32N4O2S. The minimum absolute atomic E-state index is 0.197. The molecule has 0 spiro atoms. The first-order chi connectivity index (χ1) is 15.0. The van der Waals surface area contributed by atoms with Crippen molar-refractivity contribution in [2.45, 2.75) is 57.1 Å². The van der Waals surface area contributed by atoms with E-state index in [4.69, 9.17) is 4.74 Å². The Morgan fingerprint density at radius 3 is 2.71 bits per heavy atom. The maximum Gasteiger partial charge on any atom is 0.329 e. The molecule has 31 heavy (non-hydrogen) atoms. The van der Waals surface area contributed by atoms with Gasteiger partial charge in [-0.25, -0.2) is 9.78 Å². The zero-order valence-electron chi connectivity index (χ0n) is 18.6. The van der Waals surface area contributed by atoms with Crippen LogP contribution in [0.3, 0.4) is 0 Å². The molecule has 1 aromatic carbocycles. The molecule has 7 heteroatoms. The summed E-state index contributed by atoms with van der Waals surface area (Å²) in [6.45, 7) is 0. The van der Waals surface area contributed by atoms with Gasteiger partial charge in [0.25, 0.3) is 0 Å². The Hall–Kier alpha value is -2.25. The number of fused-ring (bicyclic) bond motifs is 1. The van der Waals surface area contributed by atoms with E-state index in [0.29, 0.717) is 11.9 Å². The van der Waals surface area contributed by atoms with Crippen molar-refractivity contribution < 1.29 is 9.53 Å². The molecule has 0 atom stereocenters. The van der Waals surface area contributed by atoms with Gasteiger partial charge in [-0.1, -0.05) is 24.1 Å². The molecule has 4 rings (SSSR count). The minimum Gasteiger partial charge on any atom is -0.474 e. The molecule has 0 bridgehead atoms. The fourth-order valence-corrected chi connectivity index (χ4v) is 5.01. The van der Waals surface area contributed by atoms with E-state index in [-0.39, 0.29) is 12.1 Å². The number of aryl methyl sites for hydroxylation is 1. The predicted octanol–water partition coefficient (Wildman–Crippen LogP) is 4.89. The van der Waals surface area contributed by atoms with Crippen LogP contribution in [0.5, 0.6) is 5.88 Å². The Bertz CT molecular complexity index is 926. The van der Waals surface area contributed by atoms with Gasteiger partial charge in [0.2, 0.25) is 5.88 Å². The Morgan fingerprint density at radius 2 is 1.97 bits per heavy atom. The number of hydrogen-bond acceptors (Lipinski definition) is 5. The molecule has 2 amide bonds. The summed E-state index contributed by atoms with van der Waals surface area (Å²) >= 11 is 1.29. The van der Waals surface area contributed by atoms with Crippen molar-refractivity contribution in [2.75, 3.05) is 25.7 Å². The van der Waals surface area contributed by atoms with Crippen LogP contribution in [0.4, 0.5) is 10.5 Å². The van der Waals surface area contributed by atoms with Crippen molar-refractivity contribution in [1.82, 2.24) is 14.6 Å². The topological polar surface area (TPSA) is 66.5 Å². The van der Waals surface area contributed by atoms with E-state index in [9.17, 15) is 4.79 Å². The molecule has 2 aromatic rings. The summed E-state index contributed by atoms with van der Waals surface area (Å²) in [5, 5.41) is 3.09. The summed E-state index contributed by atoms with van der Waals surface area (Å²) in [7, 11) is 4.30. The number of aromatic nitrogens is 1. The van der Waals surface area contributed by atoms with Crippen molar-refractivity contribution in [3.05, 3.63) is 41.6 Å². The lowest BCUT2D eigenvalue weighted by Crippen LogP contribution is -2.35. The van der Waals surface area contributed by atoms with Crippen LogP contribution in [-0.2, 0) is 12.8 Å². The normalized spacial score (nSPS) is 20.4. The van der Waals surface area contributed by atoms with Crippen LogP contribution in [0, 0.1) is 0 Å². The van der Waals surface area contributed by atoms with Gasteiger partial charge in [-0.15, -0.1) is 0 Å². The predicted molar refractivity (Wildman–Crippen MR) is 128 cm³/mol. The molecule has 6 nitrogen and oxygen atoms in total. The van der Waals surface area contributed by atoms with Crippen molar-refractivity contribution >= 4 is 23.7 Å². The molecule has 1 fully saturated rings. The van der Waals surface area contributed by atoms with Crippen molar-refractivity contribution in [1.29, 1.82) is 0 Å². The molecule has 0 saturated heterocycles. The number of carbonyl (C=O) groups excluding carboxylic acids is 1. The lowest BCUT2D eigenvalue weighted by atomic mass is 9.92. The van der Waals surface area contributed by atoms with Crippen LogP contribution in [0.25, 0.3) is 11.1 Å². The Morgan fingerprint density at radius 1 is 1.16 bits per heavy atom. The van der Waals surface area contributed by atoms with Crippen molar-refractivity contribution in [2.24, 2.45) is 0 Å². The van der Waals surface area contributed by atoms with Crippen LogP contribution in [0.2, 0.25) is 0 Å². The third kappa shape index (κ3) is 5.15. The number of ether oxygens (including phenoxy) is 1. The van der Waals surface area contributed by atoms with Gasteiger partial charge in [0.1, 0.15) is 6.10 Å². The monoisotopic (exact) mass is 440 g/mol. The van der Waals surface area contributed by atoms with Crippen LogP contribution >= 0.6 is 11.9 Å². The number of rotatable bonds is 6. The lowest BCUT2D eigenvalue weighted by molar-refractivity contribution is 0.107. The molecule has 166 valence electrons. The Balaban J connectivity index is 1.56. The maximum absolute atomic E-state index is 12.3. The first-order valence-electron chi connectivity index (χ1n) is 11.1. The zero-order valence-corrected chi connectivity index (χ0v) is 19.4. The van der Waals surface area contributed by atoms with Crippen LogP contribution < -0.4 is 14.8 Å². The molecule has 1 saturated carbocycles.